The Labute approximate surface area is 168 Å². The van der Waals surface area contributed by atoms with Gasteiger partial charge in [-0.3, -0.25) is 0 Å². The van der Waals surface area contributed by atoms with Crippen LogP contribution in [0, 0.1) is 0 Å². The number of nitrogens with one attached hydrogen (secondary N) is 1. The average Bonchev–Trinajstić information content (AvgIpc) is 3.09. The SMILES string of the molecule is CCCCNOOSc1cc2ccc(CO)cc2n1S(=O)(=O)c1ccccc1. The van der Waals surface area contributed by atoms with Crippen molar-refractivity contribution in [1.29, 1.82) is 0 Å². The maximum Gasteiger partial charge on any atom is 0.269 e. The molecular weight excluding hydrogens is 400 g/mol. The van der Waals surface area contributed by atoms with Gasteiger partial charge in [0.15, 0.2) is 0 Å². The molecule has 0 amide bonds. The molecule has 0 radical (unpaired) electrons. The number of rotatable bonds is 10. The number of unbranched alkanes of at least 4 members (excludes halogenated alkanes) is 1. The van der Waals surface area contributed by atoms with Gasteiger partial charge in [-0.15, -0.1) is 9.32 Å². The summed E-state index contributed by atoms with van der Waals surface area (Å²) < 4.78 is 32.9. The molecule has 7 nitrogen and oxygen atoms in total. The molecule has 0 bridgehead atoms. The number of benzene rings is 2. The van der Waals surface area contributed by atoms with Gasteiger partial charge in [-0.05, 0) is 36.2 Å². The first-order valence-electron chi connectivity index (χ1n) is 8.87. The zero-order valence-electron chi connectivity index (χ0n) is 15.4. The van der Waals surface area contributed by atoms with Gasteiger partial charge in [-0.1, -0.05) is 43.7 Å². The van der Waals surface area contributed by atoms with E-state index in [0.29, 0.717) is 28.0 Å². The largest absolute Gasteiger partial charge is 0.392 e. The summed E-state index contributed by atoms with van der Waals surface area (Å²) >= 11 is 0.802. The highest BCUT2D eigenvalue weighted by Crippen LogP contribution is 2.32. The summed E-state index contributed by atoms with van der Waals surface area (Å²) in [5.41, 5.74) is 3.74. The minimum absolute atomic E-state index is 0.158. The maximum atomic E-state index is 13.3. The summed E-state index contributed by atoms with van der Waals surface area (Å²) in [6.07, 6.45) is 1.95. The average molecular weight is 423 g/mol. The van der Waals surface area contributed by atoms with Crippen LogP contribution in [0.1, 0.15) is 25.3 Å². The van der Waals surface area contributed by atoms with Gasteiger partial charge in [0.2, 0.25) is 0 Å². The van der Waals surface area contributed by atoms with Gasteiger partial charge >= 0.3 is 0 Å². The van der Waals surface area contributed by atoms with Crippen molar-refractivity contribution < 1.29 is 22.8 Å². The van der Waals surface area contributed by atoms with E-state index in [4.69, 9.17) is 9.32 Å². The Kier molecular flexibility index (Phi) is 7.11. The highest BCUT2D eigenvalue weighted by molar-refractivity contribution is 7.96. The van der Waals surface area contributed by atoms with E-state index in [-0.39, 0.29) is 11.5 Å². The molecule has 2 aromatic carbocycles. The first kappa shape index (κ1) is 20.8. The second-order valence-electron chi connectivity index (χ2n) is 6.10. The van der Waals surface area contributed by atoms with Crippen molar-refractivity contribution in [2.75, 3.05) is 6.54 Å². The van der Waals surface area contributed by atoms with Gasteiger partial charge in [-0.25, -0.2) is 12.4 Å². The van der Waals surface area contributed by atoms with Crippen LogP contribution in [0.25, 0.3) is 10.9 Å². The van der Waals surface area contributed by atoms with Crippen molar-refractivity contribution in [3.8, 4) is 0 Å². The van der Waals surface area contributed by atoms with Gasteiger partial charge in [0.25, 0.3) is 10.0 Å². The summed E-state index contributed by atoms with van der Waals surface area (Å²) in [5.74, 6) is 0. The van der Waals surface area contributed by atoms with E-state index < -0.39 is 10.0 Å². The number of aromatic nitrogens is 1. The molecule has 0 aliphatic heterocycles. The standard InChI is InChI=1S/C19H22N2O5S2/c1-2-3-11-20-25-26-27-19-13-16-10-9-15(14-22)12-18(16)21(19)28(23,24)17-7-5-4-6-8-17/h4-10,12-13,20,22H,2-3,11,14H2,1H3. The molecule has 0 aliphatic carbocycles. The lowest BCUT2D eigenvalue weighted by molar-refractivity contribution is -0.244. The zero-order chi connectivity index (χ0) is 20.0. The highest BCUT2D eigenvalue weighted by Gasteiger charge is 2.24. The topological polar surface area (TPSA) is 89.8 Å². The monoisotopic (exact) mass is 422 g/mol. The fourth-order valence-corrected chi connectivity index (χ4v) is 4.96. The van der Waals surface area contributed by atoms with Gasteiger partial charge in [0.05, 0.1) is 29.1 Å². The second-order valence-corrected chi connectivity index (χ2v) is 8.61. The molecule has 1 aromatic heterocycles. The molecular formula is C19H22N2O5S2. The summed E-state index contributed by atoms with van der Waals surface area (Å²) in [5, 5.41) is 10.5. The van der Waals surface area contributed by atoms with E-state index in [1.54, 1.807) is 42.5 Å². The van der Waals surface area contributed by atoms with Crippen LogP contribution in [0.5, 0.6) is 0 Å². The van der Waals surface area contributed by atoms with E-state index >= 15 is 0 Å². The Balaban J connectivity index is 1.97. The van der Waals surface area contributed by atoms with E-state index in [9.17, 15) is 13.5 Å². The van der Waals surface area contributed by atoms with Crippen LogP contribution >= 0.6 is 12.0 Å². The number of aliphatic hydroxyl groups is 1. The van der Waals surface area contributed by atoms with Crippen LogP contribution in [-0.2, 0) is 26.0 Å². The van der Waals surface area contributed by atoms with Crippen molar-refractivity contribution in [2.45, 2.75) is 36.3 Å². The molecule has 1 heterocycles. The Morgan fingerprint density at radius 1 is 1.14 bits per heavy atom. The van der Waals surface area contributed by atoms with Gasteiger partial charge in [0.1, 0.15) is 5.03 Å². The minimum Gasteiger partial charge on any atom is -0.392 e. The predicted molar refractivity (Wildman–Crippen MR) is 108 cm³/mol. The number of aliphatic hydroxyl groups excluding tert-OH is 1. The molecule has 9 heteroatoms. The molecule has 2 N–H and O–H groups in total. The lowest BCUT2D eigenvalue weighted by Gasteiger charge is -2.11. The minimum atomic E-state index is -3.87. The normalized spacial score (nSPS) is 11.9. The van der Waals surface area contributed by atoms with Crippen LogP contribution in [0.3, 0.4) is 0 Å². The summed E-state index contributed by atoms with van der Waals surface area (Å²) in [4.78, 5) is 5.08. The van der Waals surface area contributed by atoms with Crippen LogP contribution in [0.4, 0.5) is 0 Å². The molecule has 0 saturated carbocycles. The van der Waals surface area contributed by atoms with Crippen LogP contribution in [0.15, 0.2) is 64.5 Å². The molecule has 0 unspecified atom stereocenters. The molecule has 0 saturated heterocycles. The van der Waals surface area contributed by atoms with Crippen molar-refractivity contribution >= 4 is 33.0 Å². The zero-order valence-corrected chi connectivity index (χ0v) is 17.0. The quantitative estimate of drug-likeness (QED) is 0.223. The number of hydroxylamine groups is 1. The van der Waals surface area contributed by atoms with Crippen LogP contribution < -0.4 is 5.48 Å². The molecule has 150 valence electrons. The van der Waals surface area contributed by atoms with Crippen molar-refractivity contribution in [2.24, 2.45) is 0 Å². The van der Waals surface area contributed by atoms with Crippen molar-refractivity contribution in [1.82, 2.24) is 9.45 Å². The molecule has 0 atom stereocenters. The second kappa shape index (κ2) is 9.55. The van der Waals surface area contributed by atoms with Crippen LogP contribution in [-0.4, -0.2) is 24.0 Å². The van der Waals surface area contributed by atoms with E-state index in [0.717, 1.165) is 24.9 Å². The van der Waals surface area contributed by atoms with E-state index in [1.165, 1.54) is 16.1 Å². The van der Waals surface area contributed by atoms with E-state index in [2.05, 4.69) is 12.4 Å². The molecule has 3 aromatic rings. The highest BCUT2D eigenvalue weighted by atomic mass is 32.2. The third-order valence-corrected chi connectivity index (χ3v) is 6.57. The molecule has 0 spiro atoms. The Morgan fingerprint density at radius 2 is 1.93 bits per heavy atom. The fraction of sp³-hybridized carbons (Fsp3) is 0.263. The third-order valence-electron chi connectivity index (χ3n) is 4.10. The first-order valence-corrected chi connectivity index (χ1v) is 11.0. The Hall–Kier alpha value is -1.88. The first-order chi connectivity index (χ1) is 13.6. The Morgan fingerprint density at radius 3 is 2.64 bits per heavy atom. The lowest BCUT2D eigenvalue weighted by Crippen LogP contribution is -2.16. The number of hydrogen-bond donors (Lipinski definition) is 2. The Bertz CT molecular complexity index is 1020. The van der Waals surface area contributed by atoms with Crippen molar-refractivity contribution in [3.63, 3.8) is 0 Å². The summed E-state index contributed by atoms with van der Waals surface area (Å²) in [6.45, 7) is 2.50. The lowest BCUT2D eigenvalue weighted by atomic mass is 10.2. The molecule has 0 aliphatic rings. The molecule has 0 fully saturated rings. The van der Waals surface area contributed by atoms with Crippen LogP contribution in [0.2, 0.25) is 0 Å². The smallest absolute Gasteiger partial charge is 0.269 e. The van der Waals surface area contributed by atoms with Crippen molar-refractivity contribution in [3.05, 3.63) is 60.2 Å². The summed E-state index contributed by atoms with van der Waals surface area (Å²) in [7, 11) is -3.87. The van der Waals surface area contributed by atoms with Gasteiger partial charge in [0, 0.05) is 11.9 Å². The van der Waals surface area contributed by atoms with Gasteiger partial charge in [-0.2, -0.15) is 5.48 Å². The fourth-order valence-electron chi connectivity index (χ4n) is 2.67. The molecule has 28 heavy (non-hydrogen) atoms. The number of nitrogens with zero attached hydrogens (tertiary/aromatic N) is 1. The maximum absolute atomic E-state index is 13.3. The predicted octanol–water partition coefficient (Wildman–Crippen LogP) is 3.63. The van der Waals surface area contributed by atoms with E-state index in [1.807, 2.05) is 0 Å². The van der Waals surface area contributed by atoms with Gasteiger partial charge < -0.3 is 5.11 Å². The summed E-state index contributed by atoms with van der Waals surface area (Å²) in [6, 6.07) is 15.0. The third kappa shape index (κ3) is 4.57. The number of hydrogen-bond acceptors (Lipinski definition) is 7. The molecule has 3 rings (SSSR count). The number of fused-ring (bicyclic) bond motifs is 1.